The monoisotopic (exact) mass is 270 g/mol. The Bertz CT molecular complexity index is 229. The maximum atomic E-state index is 12.0. The SMILES string of the molecule is CC(C)CN(CCCC(F)(F)F)CCC(N)=S. The van der Waals surface area contributed by atoms with Crippen LogP contribution >= 0.6 is 12.2 Å². The number of alkyl halides is 3. The maximum absolute atomic E-state index is 12.0. The molecule has 2 nitrogen and oxygen atoms in total. The second-order valence-corrected chi connectivity index (χ2v) is 5.15. The lowest BCUT2D eigenvalue weighted by Gasteiger charge is -2.24. The average Bonchev–Trinajstić information content (AvgIpc) is 2.10. The molecule has 0 fully saturated rings. The van der Waals surface area contributed by atoms with Crippen LogP contribution in [0.5, 0.6) is 0 Å². The van der Waals surface area contributed by atoms with Crippen molar-refractivity contribution in [3.05, 3.63) is 0 Å². The first kappa shape index (κ1) is 16.6. The maximum Gasteiger partial charge on any atom is 0.389 e. The summed E-state index contributed by atoms with van der Waals surface area (Å²) in [6.45, 7) is 5.95. The molecule has 0 bridgehead atoms. The Labute approximate surface area is 106 Å². The van der Waals surface area contributed by atoms with Crippen LogP contribution in [-0.4, -0.2) is 35.7 Å². The summed E-state index contributed by atoms with van der Waals surface area (Å²) in [4.78, 5) is 2.41. The molecular weight excluding hydrogens is 249 g/mol. The first-order valence-corrected chi connectivity index (χ1v) is 6.19. The van der Waals surface area contributed by atoms with Gasteiger partial charge in [-0.05, 0) is 18.9 Å². The third-order valence-corrected chi connectivity index (χ3v) is 2.44. The molecule has 0 radical (unpaired) electrons. The molecule has 0 spiro atoms. The van der Waals surface area contributed by atoms with Gasteiger partial charge in [0.1, 0.15) is 0 Å². The van der Waals surface area contributed by atoms with Gasteiger partial charge in [0.15, 0.2) is 0 Å². The number of halogens is 3. The Kier molecular flexibility index (Phi) is 7.70. The van der Waals surface area contributed by atoms with Crippen LogP contribution in [-0.2, 0) is 0 Å². The largest absolute Gasteiger partial charge is 0.393 e. The number of nitrogens with two attached hydrogens (primary N) is 1. The smallest absolute Gasteiger partial charge is 0.389 e. The van der Waals surface area contributed by atoms with Crippen molar-refractivity contribution < 1.29 is 13.2 Å². The quantitative estimate of drug-likeness (QED) is 0.688. The summed E-state index contributed by atoms with van der Waals surface area (Å²) < 4.78 is 36.1. The lowest BCUT2D eigenvalue weighted by molar-refractivity contribution is -0.136. The lowest BCUT2D eigenvalue weighted by Crippen LogP contribution is -2.32. The number of nitrogens with zero attached hydrogens (tertiary/aromatic N) is 1. The highest BCUT2D eigenvalue weighted by atomic mass is 32.1. The molecule has 2 N–H and O–H groups in total. The van der Waals surface area contributed by atoms with E-state index in [0.29, 0.717) is 30.4 Å². The molecule has 17 heavy (non-hydrogen) atoms. The first-order valence-electron chi connectivity index (χ1n) is 5.78. The normalized spacial score (nSPS) is 12.4. The zero-order chi connectivity index (χ0) is 13.5. The zero-order valence-corrected chi connectivity index (χ0v) is 11.2. The van der Waals surface area contributed by atoms with E-state index in [1.54, 1.807) is 0 Å². The van der Waals surface area contributed by atoms with Crippen LogP contribution < -0.4 is 5.73 Å². The Morgan fingerprint density at radius 1 is 1.29 bits per heavy atom. The standard InChI is InChI=1S/C11H21F3N2S/c1-9(2)8-16(7-4-10(15)17)6-3-5-11(12,13)14/h9H,3-8H2,1-2H3,(H2,15,17). The Hall–Kier alpha value is -0.360. The van der Waals surface area contributed by atoms with Crippen molar-refractivity contribution in [2.75, 3.05) is 19.6 Å². The van der Waals surface area contributed by atoms with E-state index < -0.39 is 12.6 Å². The number of hydrogen-bond acceptors (Lipinski definition) is 2. The van der Waals surface area contributed by atoms with Crippen molar-refractivity contribution >= 4 is 17.2 Å². The van der Waals surface area contributed by atoms with Crippen LogP contribution in [0.1, 0.15) is 33.1 Å². The van der Waals surface area contributed by atoms with Gasteiger partial charge in [-0.3, -0.25) is 0 Å². The van der Waals surface area contributed by atoms with Gasteiger partial charge >= 0.3 is 6.18 Å². The molecule has 0 atom stereocenters. The molecule has 0 aromatic rings. The van der Waals surface area contributed by atoms with Crippen molar-refractivity contribution in [3.8, 4) is 0 Å². The third kappa shape index (κ3) is 11.9. The summed E-state index contributed by atoms with van der Waals surface area (Å²) in [6.07, 6.45) is -4.09. The van der Waals surface area contributed by atoms with Crippen LogP contribution in [0, 0.1) is 5.92 Å². The van der Waals surface area contributed by atoms with Crippen molar-refractivity contribution in [1.82, 2.24) is 4.90 Å². The van der Waals surface area contributed by atoms with Gasteiger partial charge in [0.2, 0.25) is 0 Å². The van der Waals surface area contributed by atoms with Crippen molar-refractivity contribution in [3.63, 3.8) is 0 Å². The zero-order valence-electron chi connectivity index (χ0n) is 10.4. The van der Waals surface area contributed by atoms with E-state index >= 15 is 0 Å². The van der Waals surface area contributed by atoms with Crippen LogP contribution in [0.2, 0.25) is 0 Å². The molecule has 0 heterocycles. The van der Waals surface area contributed by atoms with Gasteiger partial charge in [-0.15, -0.1) is 0 Å². The highest BCUT2D eigenvalue weighted by Crippen LogP contribution is 2.21. The van der Waals surface area contributed by atoms with Gasteiger partial charge in [-0.1, -0.05) is 26.1 Å². The predicted octanol–water partition coefficient (Wildman–Crippen LogP) is 2.96. The molecule has 0 aliphatic heterocycles. The Morgan fingerprint density at radius 2 is 1.88 bits per heavy atom. The fraction of sp³-hybridized carbons (Fsp3) is 0.909. The fourth-order valence-electron chi connectivity index (χ4n) is 1.58. The van der Waals surface area contributed by atoms with Crippen LogP contribution in [0.15, 0.2) is 0 Å². The van der Waals surface area contributed by atoms with Gasteiger partial charge in [0, 0.05) is 25.9 Å². The molecule has 0 aliphatic rings. The number of rotatable bonds is 8. The van der Waals surface area contributed by atoms with Crippen molar-refractivity contribution in [2.24, 2.45) is 11.7 Å². The first-order chi connectivity index (χ1) is 7.70. The van der Waals surface area contributed by atoms with Gasteiger partial charge in [0.05, 0.1) is 4.99 Å². The molecule has 0 aromatic heterocycles. The van der Waals surface area contributed by atoms with Crippen LogP contribution in [0.25, 0.3) is 0 Å². The van der Waals surface area contributed by atoms with Gasteiger partial charge in [-0.25, -0.2) is 0 Å². The number of thiocarbonyl (C=S) groups is 1. The molecule has 0 rings (SSSR count). The molecule has 0 saturated heterocycles. The molecule has 0 saturated carbocycles. The second-order valence-electron chi connectivity index (χ2n) is 4.63. The Balaban J connectivity index is 3.97. The van der Waals surface area contributed by atoms with E-state index in [2.05, 4.69) is 0 Å². The third-order valence-electron chi connectivity index (χ3n) is 2.23. The van der Waals surface area contributed by atoms with E-state index in [9.17, 15) is 13.2 Å². The van der Waals surface area contributed by atoms with E-state index in [0.717, 1.165) is 6.54 Å². The minimum atomic E-state index is -4.06. The van der Waals surface area contributed by atoms with Gasteiger partial charge in [-0.2, -0.15) is 13.2 Å². The molecule has 0 aliphatic carbocycles. The molecule has 0 amide bonds. The topological polar surface area (TPSA) is 29.3 Å². The highest BCUT2D eigenvalue weighted by molar-refractivity contribution is 7.80. The molecule has 0 aromatic carbocycles. The summed E-state index contributed by atoms with van der Waals surface area (Å²) in [5, 5.41) is 0. The van der Waals surface area contributed by atoms with E-state index in [4.69, 9.17) is 18.0 Å². The molecule has 6 heteroatoms. The summed E-state index contributed by atoms with van der Waals surface area (Å²) >= 11 is 4.77. The van der Waals surface area contributed by atoms with E-state index in [1.807, 2.05) is 18.7 Å². The summed E-state index contributed by atoms with van der Waals surface area (Å²) in [7, 11) is 0. The van der Waals surface area contributed by atoms with Crippen molar-refractivity contribution in [1.29, 1.82) is 0 Å². The minimum Gasteiger partial charge on any atom is -0.393 e. The van der Waals surface area contributed by atoms with Crippen LogP contribution in [0.4, 0.5) is 13.2 Å². The lowest BCUT2D eigenvalue weighted by atomic mass is 10.2. The minimum absolute atomic E-state index is 0.132. The summed E-state index contributed by atoms with van der Waals surface area (Å²) in [5.74, 6) is 0.423. The Morgan fingerprint density at radius 3 is 2.29 bits per heavy atom. The predicted molar refractivity (Wildman–Crippen MR) is 68.0 cm³/mol. The molecular formula is C11H21F3N2S. The fourth-order valence-corrected chi connectivity index (χ4v) is 1.67. The second kappa shape index (κ2) is 7.87. The van der Waals surface area contributed by atoms with Crippen molar-refractivity contribution in [2.45, 2.75) is 39.3 Å². The van der Waals surface area contributed by atoms with Crippen LogP contribution in [0.3, 0.4) is 0 Å². The van der Waals surface area contributed by atoms with Gasteiger partial charge in [0.25, 0.3) is 0 Å². The molecule has 0 unspecified atom stereocenters. The summed E-state index contributed by atoms with van der Waals surface area (Å²) in [6, 6.07) is 0. The highest BCUT2D eigenvalue weighted by Gasteiger charge is 2.26. The van der Waals surface area contributed by atoms with Gasteiger partial charge < -0.3 is 10.6 Å². The van der Waals surface area contributed by atoms with E-state index in [1.165, 1.54) is 0 Å². The molecule has 102 valence electrons. The van der Waals surface area contributed by atoms with E-state index in [-0.39, 0.29) is 6.42 Å². The summed E-state index contributed by atoms with van der Waals surface area (Å²) in [5.41, 5.74) is 5.39. The average molecular weight is 270 g/mol. The number of hydrogen-bond donors (Lipinski definition) is 1.